The second-order valence-electron chi connectivity index (χ2n) is 3.35. The van der Waals surface area contributed by atoms with Crippen LogP contribution in [0.2, 0.25) is 0 Å². The number of carbonyl (C=O) groups is 1. The number of thioether (sulfide) groups is 1. The van der Waals surface area contributed by atoms with Crippen LogP contribution in [-0.2, 0) is 9.53 Å². The molecule has 0 saturated carbocycles. The predicted molar refractivity (Wildman–Crippen MR) is 60.8 cm³/mol. The van der Waals surface area contributed by atoms with Crippen molar-refractivity contribution in [3.8, 4) is 0 Å². The largest absolute Gasteiger partial charge is 0.490 e. The fraction of sp³-hybridized carbons (Fsp3) is 0.250. The van der Waals surface area contributed by atoms with Gasteiger partial charge in [0.2, 0.25) is 5.78 Å². The first kappa shape index (κ1) is 11.2. The highest BCUT2D eigenvalue weighted by Gasteiger charge is 2.15. The van der Waals surface area contributed by atoms with Crippen LogP contribution in [0.15, 0.2) is 41.0 Å². The lowest BCUT2D eigenvalue weighted by Gasteiger charge is -2.03. The molecule has 16 heavy (non-hydrogen) atoms. The van der Waals surface area contributed by atoms with Crippen LogP contribution in [0.3, 0.4) is 0 Å². The van der Waals surface area contributed by atoms with Crippen LogP contribution >= 0.6 is 11.8 Å². The normalized spacial score (nSPS) is 14.4. The van der Waals surface area contributed by atoms with Crippen molar-refractivity contribution < 1.29 is 13.9 Å². The van der Waals surface area contributed by atoms with Crippen LogP contribution in [0.5, 0.6) is 0 Å². The van der Waals surface area contributed by atoms with Crippen molar-refractivity contribution in [3.63, 3.8) is 0 Å². The number of carbonyl (C=O) groups excluding carboxylic acids is 1. The molecule has 1 aromatic rings. The van der Waals surface area contributed by atoms with Gasteiger partial charge in [0.15, 0.2) is 5.76 Å². The van der Waals surface area contributed by atoms with E-state index < -0.39 is 0 Å². The third-order valence-electron chi connectivity index (χ3n) is 2.18. The summed E-state index contributed by atoms with van der Waals surface area (Å²) in [7, 11) is 0. The highest BCUT2D eigenvalue weighted by atomic mass is 32.2. The lowest BCUT2D eigenvalue weighted by molar-refractivity contribution is -0.116. The third kappa shape index (κ3) is 2.64. The summed E-state index contributed by atoms with van der Waals surface area (Å²) in [5.74, 6) is 0.267. The van der Waals surface area contributed by atoms with E-state index in [2.05, 4.69) is 0 Å². The minimum absolute atomic E-state index is 0.0780. The summed E-state index contributed by atoms with van der Waals surface area (Å²) in [4.78, 5) is 12.1. The maximum Gasteiger partial charge on any atom is 0.207 e. The molecule has 1 aliphatic heterocycles. The van der Waals surface area contributed by atoms with Gasteiger partial charge in [0.25, 0.3) is 0 Å². The number of ketones is 1. The van der Waals surface area contributed by atoms with Gasteiger partial charge in [-0.2, -0.15) is 0 Å². The molecular weight excluding hydrogens is 227 g/mol. The average molecular weight is 238 g/mol. The number of allylic oxidation sites excluding steroid dienone is 1. The summed E-state index contributed by atoms with van der Waals surface area (Å²) in [6.07, 6.45) is 2.57. The van der Waals surface area contributed by atoms with Gasteiger partial charge in [0, 0.05) is 11.3 Å². The Hall–Kier alpha value is -1.29. The van der Waals surface area contributed by atoms with Crippen LogP contribution in [0, 0.1) is 5.82 Å². The van der Waals surface area contributed by atoms with Gasteiger partial charge in [-0.05, 0) is 18.2 Å². The molecule has 0 N–H and O–H groups in total. The molecule has 1 aromatic carbocycles. The summed E-state index contributed by atoms with van der Waals surface area (Å²) in [6.45, 7) is 0.575. The summed E-state index contributed by atoms with van der Waals surface area (Å²) >= 11 is 1.20. The van der Waals surface area contributed by atoms with Gasteiger partial charge < -0.3 is 4.74 Å². The summed E-state index contributed by atoms with van der Waals surface area (Å²) in [5, 5.41) is 0. The first-order valence-corrected chi connectivity index (χ1v) is 5.99. The summed E-state index contributed by atoms with van der Waals surface area (Å²) < 4.78 is 18.4. The topological polar surface area (TPSA) is 26.3 Å². The average Bonchev–Trinajstić information content (AvgIpc) is 2.81. The van der Waals surface area contributed by atoms with E-state index in [4.69, 9.17) is 4.74 Å². The predicted octanol–water partition coefficient (Wildman–Crippen LogP) is 2.79. The Morgan fingerprint density at radius 2 is 2.25 bits per heavy atom. The Balaban J connectivity index is 1.92. The molecule has 84 valence electrons. The fourth-order valence-electron chi connectivity index (χ4n) is 1.39. The molecule has 0 spiro atoms. The molecule has 0 aromatic heterocycles. The van der Waals surface area contributed by atoms with E-state index in [1.807, 2.05) is 0 Å². The summed E-state index contributed by atoms with van der Waals surface area (Å²) in [6, 6.07) is 6.43. The van der Waals surface area contributed by atoms with Crippen molar-refractivity contribution >= 4 is 17.5 Å². The maximum atomic E-state index is 13.2. The molecule has 0 unspecified atom stereocenters. The van der Waals surface area contributed by atoms with Gasteiger partial charge in [-0.1, -0.05) is 12.1 Å². The molecule has 0 aliphatic carbocycles. The fourth-order valence-corrected chi connectivity index (χ4v) is 2.20. The van der Waals surface area contributed by atoms with Crippen molar-refractivity contribution in [1.82, 2.24) is 0 Å². The van der Waals surface area contributed by atoms with Gasteiger partial charge in [0.05, 0.1) is 12.4 Å². The third-order valence-corrected chi connectivity index (χ3v) is 3.22. The number of benzene rings is 1. The van der Waals surface area contributed by atoms with E-state index in [0.29, 0.717) is 17.3 Å². The first-order chi connectivity index (χ1) is 7.77. The number of Topliss-reactive ketones (excluding diaryl/α,β-unsaturated/α-hetero) is 1. The highest BCUT2D eigenvalue weighted by molar-refractivity contribution is 8.00. The molecule has 0 fully saturated rings. The van der Waals surface area contributed by atoms with E-state index in [1.54, 1.807) is 24.3 Å². The molecule has 2 nitrogen and oxygen atoms in total. The molecule has 1 aliphatic rings. The SMILES string of the molecule is O=C(CSc1ccccc1F)C1=CCCO1. The number of hydrogen-bond acceptors (Lipinski definition) is 3. The number of halogens is 1. The van der Waals surface area contributed by atoms with E-state index >= 15 is 0 Å². The van der Waals surface area contributed by atoms with Crippen LogP contribution in [0.4, 0.5) is 4.39 Å². The molecule has 1 heterocycles. The van der Waals surface area contributed by atoms with Crippen LogP contribution < -0.4 is 0 Å². The zero-order valence-corrected chi connectivity index (χ0v) is 9.43. The van der Waals surface area contributed by atoms with E-state index in [-0.39, 0.29) is 17.4 Å². The zero-order valence-electron chi connectivity index (χ0n) is 8.61. The monoisotopic (exact) mass is 238 g/mol. The Bertz CT molecular complexity index is 429. The zero-order chi connectivity index (χ0) is 11.4. The minimum Gasteiger partial charge on any atom is -0.490 e. The van der Waals surface area contributed by atoms with Gasteiger partial charge in [0.1, 0.15) is 5.82 Å². The van der Waals surface area contributed by atoms with Crippen molar-refractivity contribution in [2.45, 2.75) is 11.3 Å². The molecule has 0 saturated heterocycles. The van der Waals surface area contributed by atoms with Crippen LogP contribution in [-0.4, -0.2) is 18.1 Å². The minimum atomic E-state index is -0.290. The smallest absolute Gasteiger partial charge is 0.207 e. The molecular formula is C12H11FO2S. The van der Waals surface area contributed by atoms with Crippen LogP contribution in [0.1, 0.15) is 6.42 Å². The van der Waals surface area contributed by atoms with Gasteiger partial charge in [-0.15, -0.1) is 11.8 Å². The second kappa shape index (κ2) is 5.16. The van der Waals surface area contributed by atoms with E-state index in [0.717, 1.165) is 6.42 Å². The van der Waals surface area contributed by atoms with Crippen molar-refractivity contribution in [2.75, 3.05) is 12.4 Å². The lowest BCUT2D eigenvalue weighted by atomic mass is 10.3. The molecule has 2 rings (SSSR count). The Labute approximate surface area is 97.5 Å². The molecule has 0 radical (unpaired) electrons. The first-order valence-electron chi connectivity index (χ1n) is 5.01. The maximum absolute atomic E-state index is 13.2. The highest BCUT2D eigenvalue weighted by Crippen LogP contribution is 2.23. The number of ether oxygens (including phenoxy) is 1. The Kier molecular flexibility index (Phi) is 3.62. The Morgan fingerprint density at radius 1 is 1.44 bits per heavy atom. The van der Waals surface area contributed by atoms with Gasteiger partial charge >= 0.3 is 0 Å². The van der Waals surface area contributed by atoms with Crippen molar-refractivity contribution in [1.29, 1.82) is 0 Å². The Morgan fingerprint density at radius 3 is 2.94 bits per heavy atom. The standard InChI is InChI=1S/C12H11FO2S/c13-9-4-1-2-6-12(9)16-8-10(14)11-5-3-7-15-11/h1-2,4-6H,3,7-8H2. The summed E-state index contributed by atoms with van der Waals surface area (Å²) in [5.41, 5.74) is 0. The van der Waals surface area contributed by atoms with E-state index in [9.17, 15) is 9.18 Å². The number of hydrogen-bond donors (Lipinski definition) is 0. The van der Waals surface area contributed by atoms with Crippen molar-refractivity contribution in [2.24, 2.45) is 0 Å². The molecule has 4 heteroatoms. The molecule has 0 atom stereocenters. The molecule has 0 amide bonds. The number of rotatable bonds is 4. The molecule has 0 bridgehead atoms. The van der Waals surface area contributed by atoms with Gasteiger partial charge in [-0.25, -0.2) is 4.39 Å². The quantitative estimate of drug-likeness (QED) is 0.754. The second-order valence-corrected chi connectivity index (χ2v) is 4.36. The van der Waals surface area contributed by atoms with Crippen LogP contribution in [0.25, 0.3) is 0 Å². The van der Waals surface area contributed by atoms with E-state index in [1.165, 1.54) is 17.8 Å². The van der Waals surface area contributed by atoms with Crippen molar-refractivity contribution in [3.05, 3.63) is 41.9 Å². The van der Waals surface area contributed by atoms with Gasteiger partial charge in [-0.3, -0.25) is 4.79 Å². The lowest BCUT2D eigenvalue weighted by Crippen LogP contribution is -2.06.